The highest BCUT2D eigenvalue weighted by Crippen LogP contribution is 2.36. The van der Waals surface area contributed by atoms with Crippen molar-refractivity contribution >= 4 is 5.91 Å². The fraction of sp³-hybridized carbons (Fsp3) is 0.647. The van der Waals surface area contributed by atoms with Crippen LogP contribution in [0.1, 0.15) is 19.3 Å². The average Bonchev–Trinajstić information content (AvgIpc) is 3.07. The molecule has 0 N–H and O–H groups in total. The Labute approximate surface area is 135 Å². The Morgan fingerprint density at radius 1 is 1.30 bits per heavy atom. The maximum atomic E-state index is 12.4. The van der Waals surface area contributed by atoms with Crippen LogP contribution < -0.4 is 4.74 Å². The summed E-state index contributed by atoms with van der Waals surface area (Å²) in [5.74, 6) is 0.908. The minimum Gasteiger partial charge on any atom is -0.474 e. The van der Waals surface area contributed by atoms with Gasteiger partial charge in [0, 0.05) is 31.7 Å². The van der Waals surface area contributed by atoms with Crippen LogP contribution in [0.25, 0.3) is 0 Å². The number of carbonyl (C=O) groups is 1. The molecular formula is C17H22N2O4. The van der Waals surface area contributed by atoms with Gasteiger partial charge in [-0.3, -0.25) is 4.79 Å². The summed E-state index contributed by atoms with van der Waals surface area (Å²) in [4.78, 5) is 18.5. The van der Waals surface area contributed by atoms with Crippen molar-refractivity contribution in [3.05, 3.63) is 24.4 Å². The third-order valence-electron chi connectivity index (χ3n) is 4.92. The number of nitrogens with zero attached hydrogens (tertiary/aromatic N) is 2. The first kappa shape index (κ1) is 14.9. The average molecular weight is 318 g/mol. The molecule has 0 unspecified atom stereocenters. The molecule has 3 aliphatic rings. The topological polar surface area (TPSA) is 60.9 Å². The summed E-state index contributed by atoms with van der Waals surface area (Å²) in [7, 11) is 0. The van der Waals surface area contributed by atoms with E-state index >= 15 is 0 Å². The van der Waals surface area contributed by atoms with E-state index in [1.54, 1.807) is 6.20 Å². The van der Waals surface area contributed by atoms with E-state index in [2.05, 4.69) is 4.98 Å². The summed E-state index contributed by atoms with van der Waals surface area (Å²) < 4.78 is 17.3. The van der Waals surface area contributed by atoms with Gasteiger partial charge in [-0.15, -0.1) is 0 Å². The van der Waals surface area contributed by atoms with Crippen LogP contribution in [0.15, 0.2) is 24.4 Å². The zero-order chi connectivity index (χ0) is 15.7. The molecule has 6 nitrogen and oxygen atoms in total. The van der Waals surface area contributed by atoms with E-state index in [0.29, 0.717) is 38.8 Å². The molecule has 4 rings (SSSR count). The lowest BCUT2D eigenvalue weighted by atomic mass is 9.84. The number of likely N-dealkylation sites (tertiary alicyclic amines) is 1. The van der Waals surface area contributed by atoms with Crippen LogP contribution in [0, 0.1) is 5.92 Å². The number of ether oxygens (including phenoxy) is 3. The van der Waals surface area contributed by atoms with Crippen LogP contribution in [0.3, 0.4) is 0 Å². The Morgan fingerprint density at radius 3 is 2.96 bits per heavy atom. The van der Waals surface area contributed by atoms with Crippen molar-refractivity contribution in [3.8, 4) is 5.88 Å². The number of carbonyl (C=O) groups excluding carboxylic acids is 1. The van der Waals surface area contributed by atoms with Crippen molar-refractivity contribution < 1.29 is 19.0 Å². The molecule has 23 heavy (non-hydrogen) atoms. The molecule has 6 heteroatoms. The summed E-state index contributed by atoms with van der Waals surface area (Å²) >= 11 is 0. The highest BCUT2D eigenvalue weighted by molar-refractivity contribution is 5.80. The van der Waals surface area contributed by atoms with Crippen LogP contribution in [0.2, 0.25) is 0 Å². The van der Waals surface area contributed by atoms with Crippen LogP contribution in [0.5, 0.6) is 5.88 Å². The first-order valence-corrected chi connectivity index (χ1v) is 8.32. The van der Waals surface area contributed by atoms with Crippen LogP contribution in [-0.4, -0.2) is 60.4 Å². The number of pyridine rings is 1. The zero-order valence-corrected chi connectivity index (χ0v) is 13.1. The Bertz CT molecular complexity index is 553. The molecule has 3 saturated heterocycles. The van der Waals surface area contributed by atoms with Crippen molar-refractivity contribution in [2.75, 3.05) is 32.9 Å². The number of hydrogen-bond acceptors (Lipinski definition) is 5. The lowest BCUT2D eigenvalue weighted by Gasteiger charge is -2.53. The molecule has 3 aliphatic heterocycles. The normalized spacial score (nSPS) is 29.3. The zero-order valence-electron chi connectivity index (χ0n) is 13.1. The second-order valence-electron chi connectivity index (χ2n) is 6.69. The summed E-state index contributed by atoms with van der Waals surface area (Å²) in [6.07, 6.45) is 4.36. The van der Waals surface area contributed by atoms with Gasteiger partial charge in [-0.25, -0.2) is 4.98 Å². The van der Waals surface area contributed by atoms with Crippen LogP contribution in [-0.2, 0) is 14.3 Å². The van der Waals surface area contributed by atoms with E-state index in [0.717, 1.165) is 19.3 Å². The highest BCUT2D eigenvalue weighted by atomic mass is 16.5. The summed E-state index contributed by atoms with van der Waals surface area (Å²) in [5, 5.41) is 0. The molecule has 0 aromatic carbocycles. The second-order valence-corrected chi connectivity index (χ2v) is 6.69. The Kier molecular flexibility index (Phi) is 3.95. The lowest BCUT2D eigenvalue weighted by Crippen LogP contribution is -2.68. The van der Waals surface area contributed by atoms with Gasteiger partial charge in [0.25, 0.3) is 0 Å². The molecule has 2 atom stereocenters. The fourth-order valence-electron chi connectivity index (χ4n) is 3.68. The predicted molar refractivity (Wildman–Crippen MR) is 82.1 cm³/mol. The van der Waals surface area contributed by atoms with Crippen LogP contribution in [0.4, 0.5) is 0 Å². The van der Waals surface area contributed by atoms with Gasteiger partial charge in [-0.1, -0.05) is 6.07 Å². The molecular weight excluding hydrogens is 296 g/mol. The number of amides is 1. The van der Waals surface area contributed by atoms with E-state index in [1.807, 2.05) is 23.1 Å². The lowest BCUT2D eigenvalue weighted by molar-refractivity contribution is -0.195. The van der Waals surface area contributed by atoms with Crippen molar-refractivity contribution in [1.29, 1.82) is 0 Å². The predicted octanol–water partition coefficient (Wildman–Crippen LogP) is 1.26. The summed E-state index contributed by atoms with van der Waals surface area (Å²) in [5.41, 5.74) is -0.229. The smallest absolute Gasteiger partial charge is 0.228 e. The van der Waals surface area contributed by atoms with Crippen molar-refractivity contribution in [3.63, 3.8) is 0 Å². The third-order valence-corrected chi connectivity index (χ3v) is 4.92. The highest BCUT2D eigenvalue weighted by Gasteiger charge is 2.51. The molecule has 0 saturated carbocycles. The minimum atomic E-state index is -0.229. The number of rotatable bonds is 3. The van der Waals surface area contributed by atoms with Crippen molar-refractivity contribution in [1.82, 2.24) is 9.88 Å². The Morgan fingerprint density at radius 2 is 2.22 bits per heavy atom. The van der Waals surface area contributed by atoms with Gasteiger partial charge in [0.1, 0.15) is 11.7 Å². The van der Waals surface area contributed by atoms with Crippen molar-refractivity contribution in [2.24, 2.45) is 5.92 Å². The minimum absolute atomic E-state index is 0.0384. The van der Waals surface area contributed by atoms with E-state index in [4.69, 9.17) is 14.2 Å². The van der Waals surface area contributed by atoms with E-state index in [1.165, 1.54) is 0 Å². The quantitative estimate of drug-likeness (QED) is 0.839. The second kappa shape index (κ2) is 6.09. The molecule has 1 spiro atoms. The standard InChI is InChI=1S/C17H22N2O4/c20-16(13-4-7-21-10-13)19-11-17(12-19)9-14(5-8-22-17)23-15-3-1-2-6-18-15/h1-3,6,13-14H,4-5,7-12H2/t13-,14-/m0/s1. The molecule has 0 aliphatic carbocycles. The first-order chi connectivity index (χ1) is 11.2. The van der Waals surface area contributed by atoms with Gasteiger partial charge in [0.2, 0.25) is 11.8 Å². The molecule has 1 aromatic heterocycles. The maximum absolute atomic E-state index is 12.4. The molecule has 4 heterocycles. The summed E-state index contributed by atoms with van der Waals surface area (Å²) in [6, 6.07) is 5.67. The summed E-state index contributed by atoms with van der Waals surface area (Å²) in [6.45, 7) is 3.28. The molecule has 0 radical (unpaired) electrons. The third kappa shape index (κ3) is 3.05. The van der Waals surface area contributed by atoms with Crippen LogP contribution >= 0.6 is 0 Å². The van der Waals surface area contributed by atoms with E-state index in [-0.39, 0.29) is 23.5 Å². The van der Waals surface area contributed by atoms with E-state index in [9.17, 15) is 4.79 Å². The monoisotopic (exact) mass is 318 g/mol. The van der Waals surface area contributed by atoms with Gasteiger partial charge in [-0.05, 0) is 12.5 Å². The van der Waals surface area contributed by atoms with E-state index < -0.39 is 0 Å². The van der Waals surface area contributed by atoms with Crippen molar-refractivity contribution in [2.45, 2.75) is 31.0 Å². The fourth-order valence-corrected chi connectivity index (χ4v) is 3.68. The largest absolute Gasteiger partial charge is 0.474 e. The Balaban J connectivity index is 1.32. The Hall–Kier alpha value is -1.66. The maximum Gasteiger partial charge on any atom is 0.228 e. The molecule has 1 amide bonds. The molecule has 1 aromatic rings. The van der Waals surface area contributed by atoms with Gasteiger partial charge < -0.3 is 19.1 Å². The number of aromatic nitrogens is 1. The number of hydrogen-bond donors (Lipinski definition) is 0. The van der Waals surface area contributed by atoms with Gasteiger partial charge in [0.15, 0.2) is 0 Å². The molecule has 124 valence electrons. The van der Waals surface area contributed by atoms with Gasteiger partial charge in [0.05, 0.1) is 32.2 Å². The SMILES string of the molecule is O=C([C@H]1CCOC1)N1CC2(C[C@@H](Oc3ccccn3)CCO2)C1. The molecule has 3 fully saturated rings. The first-order valence-electron chi connectivity index (χ1n) is 8.32. The van der Waals surface area contributed by atoms with Gasteiger partial charge >= 0.3 is 0 Å². The molecule has 0 bridgehead atoms. The van der Waals surface area contributed by atoms with Gasteiger partial charge in [-0.2, -0.15) is 0 Å².